The lowest BCUT2D eigenvalue weighted by Gasteiger charge is -2.11. The molecule has 0 fully saturated rings. The topological polar surface area (TPSA) is 113 Å². The van der Waals surface area contributed by atoms with Crippen LogP contribution in [0, 0.1) is 20.2 Å². The standard InChI is InChI=1S/C21H13F3N2O6S/c22-21(23,24)14-8-9-19(17(11-14)26(30)31)33-18-7-2-1-6-16(18)20(27)32-12-13-4-3-5-15(10-13)25(28)29/h1-11H,12H2. The lowest BCUT2D eigenvalue weighted by atomic mass is 10.2. The van der Waals surface area contributed by atoms with Gasteiger partial charge in [-0.1, -0.05) is 36.0 Å². The van der Waals surface area contributed by atoms with E-state index in [0.29, 0.717) is 11.6 Å². The van der Waals surface area contributed by atoms with Crippen molar-refractivity contribution >= 4 is 29.1 Å². The van der Waals surface area contributed by atoms with Crippen LogP contribution >= 0.6 is 11.8 Å². The minimum atomic E-state index is -4.75. The number of hydrogen-bond donors (Lipinski definition) is 0. The summed E-state index contributed by atoms with van der Waals surface area (Å²) in [5.41, 5.74) is -1.69. The third kappa shape index (κ3) is 5.86. The zero-order valence-corrected chi connectivity index (χ0v) is 17.3. The van der Waals surface area contributed by atoms with Crippen LogP contribution < -0.4 is 0 Å². The number of ether oxygens (including phenoxy) is 1. The highest BCUT2D eigenvalue weighted by Crippen LogP contribution is 2.40. The van der Waals surface area contributed by atoms with Crippen LogP contribution in [-0.4, -0.2) is 15.8 Å². The van der Waals surface area contributed by atoms with Crippen molar-refractivity contribution in [2.45, 2.75) is 22.6 Å². The van der Waals surface area contributed by atoms with Crippen molar-refractivity contribution in [2.24, 2.45) is 0 Å². The first kappa shape index (κ1) is 23.7. The van der Waals surface area contributed by atoms with Crippen LogP contribution in [0.3, 0.4) is 0 Å². The van der Waals surface area contributed by atoms with E-state index in [9.17, 15) is 38.2 Å². The van der Waals surface area contributed by atoms with E-state index in [4.69, 9.17) is 4.74 Å². The van der Waals surface area contributed by atoms with Crippen molar-refractivity contribution in [2.75, 3.05) is 0 Å². The predicted octanol–water partition coefficient (Wildman–Crippen LogP) is 6.03. The van der Waals surface area contributed by atoms with Gasteiger partial charge in [-0.15, -0.1) is 0 Å². The number of carbonyl (C=O) groups excluding carboxylic acids is 1. The third-order valence-corrected chi connectivity index (χ3v) is 5.44. The molecule has 0 aliphatic rings. The Balaban J connectivity index is 1.83. The molecule has 0 radical (unpaired) electrons. The number of nitrogens with zero attached hydrogens (tertiary/aromatic N) is 2. The molecule has 3 aromatic rings. The summed E-state index contributed by atoms with van der Waals surface area (Å²) in [6.45, 7) is -0.264. The quantitative estimate of drug-likeness (QED) is 0.231. The molecule has 0 N–H and O–H groups in total. The highest BCUT2D eigenvalue weighted by atomic mass is 32.2. The molecule has 0 bridgehead atoms. The Bertz CT molecular complexity index is 1230. The molecule has 3 aromatic carbocycles. The number of alkyl halides is 3. The average molecular weight is 478 g/mol. The second-order valence-electron chi connectivity index (χ2n) is 6.54. The highest BCUT2D eigenvalue weighted by molar-refractivity contribution is 7.99. The summed E-state index contributed by atoms with van der Waals surface area (Å²) in [5.74, 6) is -0.806. The van der Waals surface area contributed by atoms with Crippen LogP contribution in [0.4, 0.5) is 24.5 Å². The van der Waals surface area contributed by atoms with Crippen LogP contribution in [0.5, 0.6) is 0 Å². The molecule has 0 aromatic heterocycles. The van der Waals surface area contributed by atoms with Gasteiger partial charge in [0.1, 0.15) is 6.61 Å². The van der Waals surface area contributed by atoms with Gasteiger partial charge in [-0.2, -0.15) is 13.2 Å². The van der Waals surface area contributed by atoms with Gasteiger partial charge in [0.2, 0.25) is 0 Å². The Kier molecular flexibility index (Phi) is 6.97. The predicted molar refractivity (Wildman–Crippen MR) is 111 cm³/mol. The first-order chi connectivity index (χ1) is 15.6. The normalized spacial score (nSPS) is 11.1. The van der Waals surface area contributed by atoms with E-state index in [-0.39, 0.29) is 27.6 Å². The summed E-state index contributed by atoms with van der Waals surface area (Å²) in [4.78, 5) is 33.4. The number of nitro groups is 2. The van der Waals surface area contributed by atoms with Gasteiger partial charge in [0, 0.05) is 23.1 Å². The van der Waals surface area contributed by atoms with Gasteiger partial charge < -0.3 is 4.74 Å². The number of non-ortho nitro benzene ring substituents is 1. The molecule has 3 rings (SSSR count). The van der Waals surface area contributed by atoms with Crippen molar-refractivity contribution in [3.8, 4) is 0 Å². The van der Waals surface area contributed by atoms with Crippen LogP contribution in [0.25, 0.3) is 0 Å². The van der Waals surface area contributed by atoms with Crippen molar-refractivity contribution < 1.29 is 32.5 Å². The first-order valence-electron chi connectivity index (χ1n) is 9.09. The first-order valence-corrected chi connectivity index (χ1v) is 9.91. The number of esters is 1. The fourth-order valence-electron chi connectivity index (χ4n) is 2.75. The maximum Gasteiger partial charge on any atom is 0.416 e. The zero-order valence-electron chi connectivity index (χ0n) is 16.4. The van der Waals surface area contributed by atoms with E-state index >= 15 is 0 Å². The molecule has 8 nitrogen and oxygen atoms in total. The van der Waals surface area contributed by atoms with Crippen LogP contribution in [-0.2, 0) is 17.5 Å². The Morgan fingerprint density at radius 3 is 2.30 bits per heavy atom. The summed E-state index contributed by atoms with van der Waals surface area (Å²) in [6, 6.07) is 13.6. The van der Waals surface area contributed by atoms with Gasteiger partial charge >= 0.3 is 12.1 Å². The maximum atomic E-state index is 12.9. The summed E-state index contributed by atoms with van der Waals surface area (Å²) in [5, 5.41) is 22.2. The minimum absolute atomic E-state index is 0.0297. The second-order valence-corrected chi connectivity index (χ2v) is 7.62. The summed E-state index contributed by atoms with van der Waals surface area (Å²) < 4.78 is 44.0. The molecule has 170 valence electrons. The van der Waals surface area contributed by atoms with E-state index in [0.717, 1.165) is 23.9 Å². The molecule has 0 amide bonds. The molecule has 0 heterocycles. The lowest BCUT2D eigenvalue weighted by Crippen LogP contribution is -2.07. The molecule has 0 aliphatic carbocycles. The molecule has 0 spiro atoms. The SMILES string of the molecule is O=C(OCc1cccc([N+](=O)[O-])c1)c1ccccc1Sc1ccc(C(F)(F)F)cc1[N+](=O)[O-]. The summed E-state index contributed by atoms with van der Waals surface area (Å²) in [6.07, 6.45) is -4.75. The number of nitro benzene ring substituents is 2. The number of hydrogen-bond acceptors (Lipinski definition) is 7. The van der Waals surface area contributed by atoms with Crippen molar-refractivity contribution in [3.05, 3.63) is 104 Å². The van der Waals surface area contributed by atoms with E-state index < -0.39 is 33.2 Å². The Morgan fingerprint density at radius 1 is 0.909 bits per heavy atom. The van der Waals surface area contributed by atoms with E-state index in [2.05, 4.69) is 0 Å². The van der Waals surface area contributed by atoms with Gasteiger partial charge in [0.15, 0.2) is 0 Å². The Morgan fingerprint density at radius 2 is 1.64 bits per heavy atom. The molecular weight excluding hydrogens is 465 g/mol. The van der Waals surface area contributed by atoms with Crippen LogP contribution in [0.1, 0.15) is 21.5 Å². The van der Waals surface area contributed by atoms with Crippen LogP contribution in [0.15, 0.2) is 76.5 Å². The van der Waals surface area contributed by atoms with Crippen LogP contribution in [0.2, 0.25) is 0 Å². The fourth-order valence-corrected chi connectivity index (χ4v) is 3.77. The zero-order chi connectivity index (χ0) is 24.2. The van der Waals surface area contributed by atoms with Gasteiger partial charge in [-0.05, 0) is 29.8 Å². The van der Waals surface area contributed by atoms with Gasteiger partial charge in [-0.3, -0.25) is 20.2 Å². The van der Waals surface area contributed by atoms with E-state index in [1.807, 2.05) is 0 Å². The van der Waals surface area contributed by atoms with E-state index in [1.165, 1.54) is 42.5 Å². The number of halogens is 3. The Hall–Kier alpha value is -3.93. The molecule has 0 unspecified atom stereocenters. The molecule has 0 saturated carbocycles. The maximum absolute atomic E-state index is 12.9. The molecule has 0 aliphatic heterocycles. The molecule has 12 heteroatoms. The smallest absolute Gasteiger partial charge is 0.416 e. The van der Waals surface area contributed by atoms with Gasteiger partial charge in [0.05, 0.1) is 25.9 Å². The largest absolute Gasteiger partial charge is 0.457 e. The number of rotatable bonds is 7. The molecule has 0 atom stereocenters. The van der Waals surface area contributed by atoms with Crippen molar-refractivity contribution in [1.29, 1.82) is 0 Å². The monoisotopic (exact) mass is 478 g/mol. The van der Waals surface area contributed by atoms with Crippen molar-refractivity contribution in [1.82, 2.24) is 0 Å². The number of benzene rings is 3. The second kappa shape index (κ2) is 9.69. The highest BCUT2D eigenvalue weighted by Gasteiger charge is 2.33. The minimum Gasteiger partial charge on any atom is -0.457 e. The van der Waals surface area contributed by atoms with Gasteiger partial charge in [-0.25, -0.2) is 4.79 Å². The fraction of sp³-hybridized carbons (Fsp3) is 0.0952. The lowest BCUT2D eigenvalue weighted by molar-refractivity contribution is -0.388. The third-order valence-electron chi connectivity index (χ3n) is 4.30. The average Bonchev–Trinajstić information content (AvgIpc) is 2.77. The molecular formula is C21H13F3N2O6S. The van der Waals surface area contributed by atoms with Gasteiger partial charge in [0.25, 0.3) is 11.4 Å². The number of carbonyl (C=O) groups is 1. The summed E-state index contributed by atoms with van der Waals surface area (Å²) >= 11 is 0.746. The molecule has 0 saturated heterocycles. The Labute approximate surface area is 188 Å². The summed E-state index contributed by atoms with van der Waals surface area (Å²) in [7, 11) is 0. The molecule has 33 heavy (non-hydrogen) atoms. The van der Waals surface area contributed by atoms with E-state index in [1.54, 1.807) is 6.07 Å². The van der Waals surface area contributed by atoms with Crippen molar-refractivity contribution in [3.63, 3.8) is 0 Å².